The van der Waals surface area contributed by atoms with Crippen molar-refractivity contribution in [2.45, 2.75) is 38.7 Å². The Morgan fingerprint density at radius 2 is 2.17 bits per heavy atom. The summed E-state index contributed by atoms with van der Waals surface area (Å²) in [5.74, 6) is -0.0817. The van der Waals surface area contributed by atoms with Crippen LogP contribution in [0, 0.1) is 11.7 Å². The topological polar surface area (TPSA) is 26.3 Å². The second-order valence-corrected chi connectivity index (χ2v) is 5.11. The summed E-state index contributed by atoms with van der Waals surface area (Å²) in [6, 6.07) is 6.05. The van der Waals surface area contributed by atoms with E-state index in [1.807, 2.05) is 0 Å². The van der Waals surface area contributed by atoms with E-state index in [0.29, 0.717) is 5.92 Å². The Morgan fingerprint density at radius 1 is 1.39 bits per heavy atom. The molecule has 2 rings (SSSR count). The summed E-state index contributed by atoms with van der Waals surface area (Å²) < 4.78 is 19.0. The number of ketones is 1. The van der Waals surface area contributed by atoms with Crippen LogP contribution in [0.25, 0.3) is 0 Å². The Hall–Kier alpha value is -1.22. The lowest BCUT2D eigenvalue weighted by atomic mass is 9.89. The molecule has 2 nitrogen and oxygen atoms in total. The van der Waals surface area contributed by atoms with E-state index < -0.39 is 5.82 Å². The van der Waals surface area contributed by atoms with Gasteiger partial charge in [0, 0.05) is 0 Å². The molecule has 0 N–H and O–H groups in total. The molecule has 0 aliphatic heterocycles. The van der Waals surface area contributed by atoms with Gasteiger partial charge in [-0.05, 0) is 30.9 Å². The molecule has 1 aromatic rings. The highest BCUT2D eigenvalue weighted by molar-refractivity contribution is 5.97. The van der Waals surface area contributed by atoms with Gasteiger partial charge in [-0.25, -0.2) is 4.39 Å². The number of ether oxygens (including phenoxy) is 1. The van der Waals surface area contributed by atoms with Crippen LogP contribution in [0.15, 0.2) is 24.3 Å². The van der Waals surface area contributed by atoms with Crippen LogP contribution in [0.1, 0.15) is 43.0 Å². The third-order valence-electron chi connectivity index (χ3n) is 3.51. The summed E-state index contributed by atoms with van der Waals surface area (Å²) in [7, 11) is 0. The summed E-state index contributed by atoms with van der Waals surface area (Å²) in [5, 5.41) is 0. The van der Waals surface area contributed by atoms with Crippen LogP contribution in [0.2, 0.25) is 0 Å². The maximum atomic E-state index is 13.4. The predicted molar refractivity (Wildman–Crippen MR) is 68.1 cm³/mol. The Morgan fingerprint density at radius 3 is 2.89 bits per heavy atom. The maximum Gasteiger partial charge on any atom is 0.191 e. The van der Waals surface area contributed by atoms with Gasteiger partial charge in [0.2, 0.25) is 0 Å². The number of halogens is 1. The van der Waals surface area contributed by atoms with Crippen molar-refractivity contribution in [3.63, 3.8) is 0 Å². The van der Waals surface area contributed by atoms with E-state index in [0.717, 1.165) is 19.3 Å². The molecule has 1 aliphatic rings. The molecule has 3 heteroatoms. The molecule has 18 heavy (non-hydrogen) atoms. The van der Waals surface area contributed by atoms with Crippen LogP contribution in [0.3, 0.4) is 0 Å². The quantitative estimate of drug-likeness (QED) is 0.763. The predicted octanol–water partition coefficient (Wildman–Crippen LogP) is 3.60. The van der Waals surface area contributed by atoms with Gasteiger partial charge in [-0.1, -0.05) is 31.9 Å². The maximum absolute atomic E-state index is 13.4. The SMILES string of the molecule is CC1CCCC(OCC(=O)c2ccccc2F)C1. The van der Waals surface area contributed by atoms with E-state index >= 15 is 0 Å². The van der Waals surface area contributed by atoms with Crippen LogP contribution in [0.5, 0.6) is 0 Å². The number of hydrogen-bond donors (Lipinski definition) is 0. The van der Waals surface area contributed by atoms with E-state index in [-0.39, 0.29) is 24.1 Å². The van der Waals surface area contributed by atoms with E-state index in [9.17, 15) is 9.18 Å². The average Bonchev–Trinajstić information content (AvgIpc) is 2.37. The molecular weight excluding hydrogens is 231 g/mol. The lowest BCUT2D eigenvalue weighted by Gasteiger charge is -2.26. The molecule has 1 aliphatic carbocycles. The second-order valence-electron chi connectivity index (χ2n) is 5.11. The standard InChI is InChI=1S/C15H19FO2/c1-11-5-4-6-12(9-11)18-10-15(17)13-7-2-3-8-14(13)16/h2-3,7-8,11-12H,4-6,9-10H2,1H3. The smallest absolute Gasteiger partial charge is 0.191 e. The van der Waals surface area contributed by atoms with Gasteiger partial charge < -0.3 is 4.74 Å². The minimum absolute atomic E-state index is 0.0156. The number of hydrogen-bond acceptors (Lipinski definition) is 2. The molecule has 0 heterocycles. The van der Waals surface area contributed by atoms with Crippen molar-refractivity contribution in [2.75, 3.05) is 6.61 Å². The minimum atomic E-state index is -0.469. The van der Waals surface area contributed by atoms with E-state index in [2.05, 4.69) is 6.92 Å². The molecule has 0 amide bonds. The molecular formula is C15H19FO2. The van der Waals surface area contributed by atoms with E-state index in [4.69, 9.17) is 4.74 Å². The first kappa shape index (κ1) is 13.2. The van der Waals surface area contributed by atoms with Gasteiger partial charge in [-0.15, -0.1) is 0 Å². The minimum Gasteiger partial charge on any atom is -0.370 e. The van der Waals surface area contributed by atoms with E-state index in [1.165, 1.54) is 18.6 Å². The zero-order valence-corrected chi connectivity index (χ0v) is 10.7. The van der Waals surface area contributed by atoms with Crippen molar-refractivity contribution in [3.8, 4) is 0 Å². The van der Waals surface area contributed by atoms with Crippen LogP contribution in [-0.2, 0) is 4.74 Å². The molecule has 0 saturated heterocycles. The molecule has 2 atom stereocenters. The van der Waals surface area contributed by atoms with Crippen molar-refractivity contribution in [3.05, 3.63) is 35.6 Å². The van der Waals surface area contributed by atoms with E-state index in [1.54, 1.807) is 12.1 Å². The third-order valence-corrected chi connectivity index (χ3v) is 3.51. The van der Waals surface area contributed by atoms with Gasteiger partial charge >= 0.3 is 0 Å². The number of Topliss-reactive ketones (excluding diaryl/α,β-unsaturated/α-hetero) is 1. The molecule has 0 radical (unpaired) electrons. The van der Waals surface area contributed by atoms with Crippen LogP contribution >= 0.6 is 0 Å². The van der Waals surface area contributed by atoms with Crippen LogP contribution in [0.4, 0.5) is 4.39 Å². The van der Waals surface area contributed by atoms with Gasteiger partial charge in [0.25, 0.3) is 0 Å². The summed E-state index contributed by atoms with van der Waals surface area (Å²) in [5.41, 5.74) is 0.126. The Bertz CT molecular complexity index is 417. The van der Waals surface area contributed by atoms with Gasteiger partial charge in [-0.2, -0.15) is 0 Å². The van der Waals surface area contributed by atoms with Crippen molar-refractivity contribution in [2.24, 2.45) is 5.92 Å². The Kier molecular flexibility index (Phi) is 4.48. The molecule has 1 fully saturated rings. The van der Waals surface area contributed by atoms with Crippen molar-refractivity contribution < 1.29 is 13.9 Å². The summed E-state index contributed by atoms with van der Waals surface area (Å²) >= 11 is 0. The van der Waals surface area contributed by atoms with Gasteiger partial charge in [0.1, 0.15) is 12.4 Å². The molecule has 0 aromatic heterocycles. The molecule has 2 unspecified atom stereocenters. The van der Waals surface area contributed by atoms with Crippen molar-refractivity contribution >= 4 is 5.78 Å². The fourth-order valence-electron chi connectivity index (χ4n) is 2.49. The molecule has 1 saturated carbocycles. The number of carbonyl (C=O) groups excluding carboxylic acids is 1. The highest BCUT2D eigenvalue weighted by atomic mass is 19.1. The average molecular weight is 250 g/mol. The van der Waals surface area contributed by atoms with Gasteiger partial charge in [0.05, 0.1) is 11.7 Å². The van der Waals surface area contributed by atoms with Gasteiger partial charge in [0.15, 0.2) is 5.78 Å². The van der Waals surface area contributed by atoms with Crippen molar-refractivity contribution in [1.82, 2.24) is 0 Å². The number of rotatable bonds is 4. The highest BCUT2D eigenvalue weighted by Crippen LogP contribution is 2.25. The Labute approximate surface area is 107 Å². The summed E-state index contributed by atoms with van der Waals surface area (Å²) in [6.07, 6.45) is 4.56. The first-order valence-corrected chi connectivity index (χ1v) is 6.56. The fraction of sp³-hybridized carbons (Fsp3) is 0.533. The number of benzene rings is 1. The summed E-state index contributed by atoms with van der Waals surface area (Å²) in [6.45, 7) is 2.19. The monoisotopic (exact) mass is 250 g/mol. The fourth-order valence-corrected chi connectivity index (χ4v) is 2.49. The van der Waals surface area contributed by atoms with Crippen LogP contribution in [-0.4, -0.2) is 18.5 Å². The first-order chi connectivity index (χ1) is 8.66. The normalized spacial score (nSPS) is 23.9. The molecule has 1 aromatic carbocycles. The summed E-state index contributed by atoms with van der Waals surface area (Å²) in [4.78, 5) is 11.8. The zero-order valence-electron chi connectivity index (χ0n) is 10.7. The molecule has 0 spiro atoms. The van der Waals surface area contributed by atoms with Crippen molar-refractivity contribution in [1.29, 1.82) is 0 Å². The lowest BCUT2D eigenvalue weighted by Crippen LogP contribution is -2.24. The zero-order chi connectivity index (χ0) is 13.0. The highest BCUT2D eigenvalue weighted by Gasteiger charge is 2.21. The Balaban J connectivity index is 1.87. The second kappa shape index (κ2) is 6.10. The largest absolute Gasteiger partial charge is 0.370 e. The van der Waals surface area contributed by atoms with Gasteiger partial charge in [-0.3, -0.25) is 4.79 Å². The number of carbonyl (C=O) groups is 1. The lowest BCUT2D eigenvalue weighted by molar-refractivity contribution is 0.0180. The molecule has 98 valence electrons. The first-order valence-electron chi connectivity index (χ1n) is 6.56. The molecule has 0 bridgehead atoms. The third kappa shape index (κ3) is 3.39. The van der Waals surface area contributed by atoms with Crippen LogP contribution < -0.4 is 0 Å².